The molecule has 2 rings (SSSR count). The minimum absolute atomic E-state index is 0.00491. The topological polar surface area (TPSA) is 29.1 Å². The van der Waals surface area contributed by atoms with Gasteiger partial charge in [-0.1, -0.05) is 39.5 Å². The van der Waals surface area contributed by atoms with Gasteiger partial charge in [-0.05, 0) is 38.1 Å². The van der Waals surface area contributed by atoms with Crippen molar-refractivity contribution in [3.05, 3.63) is 0 Å². The minimum atomic E-state index is -0.00491. The van der Waals surface area contributed by atoms with Crippen molar-refractivity contribution in [3.8, 4) is 0 Å². The zero-order chi connectivity index (χ0) is 13.0. The second kappa shape index (κ2) is 6.18. The summed E-state index contributed by atoms with van der Waals surface area (Å²) in [6.07, 6.45) is 9.49. The Kier molecular flexibility index (Phi) is 4.83. The van der Waals surface area contributed by atoms with Crippen LogP contribution in [0.2, 0.25) is 0 Å². The molecule has 0 aromatic heterocycles. The zero-order valence-corrected chi connectivity index (χ0v) is 12.1. The van der Waals surface area contributed by atoms with Crippen molar-refractivity contribution < 1.29 is 4.79 Å². The molecule has 0 radical (unpaired) electrons. The first-order chi connectivity index (χ1) is 8.72. The fourth-order valence-corrected chi connectivity index (χ4v) is 4.10. The molecule has 1 saturated carbocycles. The molecule has 3 unspecified atom stereocenters. The Bertz CT molecular complexity index is 281. The smallest absolute Gasteiger partial charge is 0.143 e. The molecule has 18 heavy (non-hydrogen) atoms. The fraction of sp³-hybridized carbons (Fsp3) is 0.938. The molecule has 2 heteroatoms. The van der Waals surface area contributed by atoms with Crippen molar-refractivity contribution >= 4 is 5.78 Å². The van der Waals surface area contributed by atoms with Gasteiger partial charge in [0.05, 0.1) is 0 Å². The van der Waals surface area contributed by atoms with Gasteiger partial charge in [0.2, 0.25) is 0 Å². The van der Waals surface area contributed by atoms with Crippen LogP contribution in [0.4, 0.5) is 0 Å². The van der Waals surface area contributed by atoms with Gasteiger partial charge in [-0.25, -0.2) is 0 Å². The van der Waals surface area contributed by atoms with Gasteiger partial charge in [-0.3, -0.25) is 4.79 Å². The first-order valence-corrected chi connectivity index (χ1v) is 7.97. The van der Waals surface area contributed by atoms with E-state index in [2.05, 4.69) is 19.2 Å². The maximum atomic E-state index is 12.9. The molecule has 0 amide bonds. The highest BCUT2D eigenvalue weighted by atomic mass is 16.1. The van der Waals surface area contributed by atoms with Crippen molar-refractivity contribution in [1.29, 1.82) is 0 Å². The number of ketones is 1. The lowest BCUT2D eigenvalue weighted by Gasteiger charge is -2.35. The van der Waals surface area contributed by atoms with Gasteiger partial charge < -0.3 is 5.32 Å². The van der Waals surface area contributed by atoms with Gasteiger partial charge in [0.15, 0.2) is 0 Å². The SMILES string of the molecule is CCCC1(C(=O)C2CCCC(CC)C2)CCNC1. The van der Waals surface area contributed by atoms with Crippen molar-refractivity contribution in [3.63, 3.8) is 0 Å². The second-order valence-electron chi connectivity index (χ2n) is 6.46. The summed E-state index contributed by atoms with van der Waals surface area (Å²) in [6.45, 7) is 6.46. The highest BCUT2D eigenvalue weighted by Crippen LogP contribution is 2.40. The standard InChI is InChI=1S/C16H29NO/c1-3-8-16(9-10-17-12-16)15(18)14-7-5-6-13(4-2)11-14/h13-14,17H,3-12H2,1-2H3. The Balaban J connectivity index is 2.04. The predicted octanol–water partition coefficient (Wildman–Crippen LogP) is 3.55. The third kappa shape index (κ3) is 2.79. The number of hydrogen-bond donors (Lipinski definition) is 1. The summed E-state index contributed by atoms with van der Waals surface area (Å²) in [6, 6.07) is 0. The molecule has 1 aliphatic heterocycles. The van der Waals surface area contributed by atoms with Crippen LogP contribution in [0.1, 0.15) is 65.2 Å². The largest absolute Gasteiger partial charge is 0.316 e. The average Bonchev–Trinajstić information content (AvgIpc) is 2.88. The Morgan fingerprint density at radius 3 is 2.78 bits per heavy atom. The van der Waals surface area contributed by atoms with E-state index in [1.54, 1.807) is 0 Å². The molecule has 104 valence electrons. The van der Waals surface area contributed by atoms with Crippen LogP contribution in [0.3, 0.4) is 0 Å². The highest BCUT2D eigenvalue weighted by molar-refractivity contribution is 5.87. The summed E-state index contributed by atoms with van der Waals surface area (Å²) >= 11 is 0. The van der Waals surface area contributed by atoms with Crippen molar-refractivity contribution in [2.45, 2.75) is 65.2 Å². The van der Waals surface area contributed by atoms with Crippen molar-refractivity contribution in [1.82, 2.24) is 5.32 Å². The Labute approximate surface area is 112 Å². The molecule has 2 aliphatic rings. The van der Waals surface area contributed by atoms with Gasteiger partial charge in [-0.15, -0.1) is 0 Å². The van der Waals surface area contributed by atoms with E-state index in [9.17, 15) is 4.79 Å². The van der Waals surface area contributed by atoms with Gasteiger partial charge in [-0.2, -0.15) is 0 Å². The van der Waals surface area contributed by atoms with Crippen LogP contribution in [0.25, 0.3) is 0 Å². The summed E-state index contributed by atoms with van der Waals surface area (Å²) in [4.78, 5) is 12.9. The van der Waals surface area contributed by atoms with Crippen LogP contribution in [0.15, 0.2) is 0 Å². The molecular formula is C16H29NO. The van der Waals surface area contributed by atoms with Crippen LogP contribution in [-0.2, 0) is 4.79 Å². The summed E-state index contributed by atoms with van der Waals surface area (Å²) in [5, 5.41) is 3.42. The summed E-state index contributed by atoms with van der Waals surface area (Å²) in [5.74, 6) is 1.78. The quantitative estimate of drug-likeness (QED) is 0.809. The number of carbonyl (C=O) groups is 1. The molecule has 1 N–H and O–H groups in total. The zero-order valence-electron chi connectivity index (χ0n) is 12.1. The Morgan fingerprint density at radius 1 is 1.33 bits per heavy atom. The lowest BCUT2D eigenvalue weighted by molar-refractivity contribution is -0.134. The average molecular weight is 251 g/mol. The van der Waals surface area contributed by atoms with Crippen LogP contribution in [0, 0.1) is 17.3 Å². The van der Waals surface area contributed by atoms with E-state index in [4.69, 9.17) is 0 Å². The molecule has 0 aromatic carbocycles. The fourth-order valence-electron chi connectivity index (χ4n) is 4.10. The van der Waals surface area contributed by atoms with Crippen molar-refractivity contribution in [2.75, 3.05) is 13.1 Å². The molecule has 3 atom stereocenters. The lowest BCUT2D eigenvalue weighted by atomic mass is 9.68. The molecule has 0 spiro atoms. The van der Waals surface area contributed by atoms with Gasteiger partial charge in [0.1, 0.15) is 5.78 Å². The number of nitrogens with one attached hydrogen (secondary N) is 1. The van der Waals surface area contributed by atoms with E-state index in [1.807, 2.05) is 0 Å². The highest BCUT2D eigenvalue weighted by Gasteiger charge is 2.43. The first kappa shape index (κ1) is 14.0. The third-order valence-electron chi connectivity index (χ3n) is 5.23. The van der Waals surface area contributed by atoms with E-state index in [0.29, 0.717) is 11.7 Å². The monoisotopic (exact) mass is 251 g/mol. The first-order valence-electron chi connectivity index (χ1n) is 7.97. The molecule has 0 bridgehead atoms. The minimum Gasteiger partial charge on any atom is -0.316 e. The number of Topliss-reactive ketones (excluding diaryl/α,β-unsaturated/α-hetero) is 1. The van der Waals surface area contributed by atoms with Crippen LogP contribution in [-0.4, -0.2) is 18.9 Å². The number of carbonyl (C=O) groups excluding carboxylic acids is 1. The van der Waals surface area contributed by atoms with Crippen LogP contribution >= 0.6 is 0 Å². The van der Waals surface area contributed by atoms with Gasteiger partial charge >= 0.3 is 0 Å². The molecular weight excluding hydrogens is 222 g/mol. The second-order valence-corrected chi connectivity index (χ2v) is 6.46. The van der Waals surface area contributed by atoms with Crippen LogP contribution < -0.4 is 5.32 Å². The molecule has 1 saturated heterocycles. The maximum Gasteiger partial charge on any atom is 0.143 e. The Hall–Kier alpha value is -0.370. The number of rotatable bonds is 5. The van der Waals surface area contributed by atoms with E-state index in [0.717, 1.165) is 44.7 Å². The summed E-state index contributed by atoms with van der Waals surface area (Å²) < 4.78 is 0. The van der Waals surface area contributed by atoms with Gasteiger partial charge in [0.25, 0.3) is 0 Å². The molecule has 2 fully saturated rings. The molecule has 0 aromatic rings. The van der Waals surface area contributed by atoms with Crippen LogP contribution in [0.5, 0.6) is 0 Å². The van der Waals surface area contributed by atoms with E-state index < -0.39 is 0 Å². The molecule has 1 heterocycles. The number of hydrogen-bond acceptors (Lipinski definition) is 2. The van der Waals surface area contributed by atoms with Crippen molar-refractivity contribution in [2.24, 2.45) is 17.3 Å². The Morgan fingerprint density at radius 2 is 2.17 bits per heavy atom. The van der Waals surface area contributed by atoms with E-state index in [1.165, 1.54) is 25.7 Å². The predicted molar refractivity (Wildman–Crippen MR) is 75.6 cm³/mol. The maximum absolute atomic E-state index is 12.9. The normalized spacial score (nSPS) is 36.8. The molecule has 1 aliphatic carbocycles. The van der Waals surface area contributed by atoms with E-state index >= 15 is 0 Å². The molecule has 2 nitrogen and oxygen atoms in total. The summed E-state index contributed by atoms with van der Waals surface area (Å²) in [7, 11) is 0. The lowest BCUT2D eigenvalue weighted by Crippen LogP contribution is -2.39. The third-order valence-corrected chi connectivity index (χ3v) is 5.23. The summed E-state index contributed by atoms with van der Waals surface area (Å²) in [5.41, 5.74) is -0.00491. The van der Waals surface area contributed by atoms with Gasteiger partial charge in [0, 0.05) is 17.9 Å². The van der Waals surface area contributed by atoms with E-state index in [-0.39, 0.29) is 5.41 Å².